The van der Waals surface area contributed by atoms with E-state index in [-0.39, 0.29) is 0 Å². The van der Waals surface area contributed by atoms with Gasteiger partial charge < -0.3 is 20.4 Å². The molecule has 0 aliphatic carbocycles. The van der Waals surface area contributed by atoms with Crippen LogP contribution in [-0.4, -0.2) is 62.4 Å². The molecule has 0 saturated carbocycles. The highest BCUT2D eigenvalue weighted by atomic mass is 35.5. The number of carbonyl (C=O) groups is 3. The summed E-state index contributed by atoms with van der Waals surface area (Å²) in [6.45, 7) is 3.12. The molecular weight excluding hydrogens is 332 g/mol. The summed E-state index contributed by atoms with van der Waals surface area (Å²) in [5, 5.41) is 5.74. The fourth-order valence-corrected chi connectivity index (χ4v) is 2.70. The smallest absolute Gasteiger partial charge is 0.312 e. The molecule has 2 N–H and O–H groups in total. The number of nitrogens with one attached hydrogen (secondary N) is 2. The summed E-state index contributed by atoms with van der Waals surface area (Å²) >= 11 is 6.00. The number of rotatable bonds is 6. The number of nitrogens with zero attached hydrogens (tertiary/aromatic N) is 2. The first-order chi connectivity index (χ1) is 11.6. The fraction of sp³-hybridized carbons (Fsp3) is 0.438. The molecule has 1 aromatic rings. The van der Waals surface area contributed by atoms with Gasteiger partial charge in [-0.15, -0.1) is 0 Å². The van der Waals surface area contributed by atoms with E-state index in [1.54, 1.807) is 4.90 Å². The van der Waals surface area contributed by atoms with Gasteiger partial charge in [-0.1, -0.05) is 17.7 Å². The Hall–Kier alpha value is -2.28. The van der Waals surface area contributed by atoms with Crippen molar-refractivity contribution < 1.29 is 14.4 Å². The Bertz CT molecular complexity index is 588. The van der Waals surface area contributed by atoms with Gasteiger partial charge in [0.15, 0.2) is 0 Å². The number of hydrogen-bond acceptors (Lipinski definition) is 4. The van der Waals surface area contributed by atoms with Crippen molar-refractivity contribution in [1.82, 2.24) is 15.5 Å². The van der Waals surface area contributed by atoms with E-state index < -0.39 is 11.8 Å². The second-order valence-electron chi connectivity index (χ2n) is 5.44. The van der Waals surface area contributed by atoms with E-state index in [9.17, 15) is 14.4 Å². The minimum atomic E-state index is -0.600. The van der Waals surface area contributed by atoms with E-state index in [1.807, 2.05) is 24.3 Å². The molecule has 0 bridgehead atoms. The Balaban J connectivity index is 1.75. The second-order valence-corrected chi connectivity index (χ2v) is 5.88. The van der Waals surface area contributed by atoms with Crippen molar-refractivity contribution in [3.8, 4) is 0 Å². The number of carbonyl (C=O) groups excluding carboxylic acids is 3. The number of hydrogen-bond donors (Lipinski definition) is 2. The molecule has 130 valence electrons. The van der Waals surface area contributed by atoms with Crippen LogP contribution < -0.4 is 15.5 Å². The number of amides is 3. The molecule has 24 heavy (non-hydrogen) atoms. The summed E-state index contributed by atoms with van der Waals surface area (Å²) in [6.07, 6.45) is 1.19. The van der Waals surface area contributed by atoms with Gasteiger partial charge in [-0.05, 0) is 24.6 Å². The number of benzene rings is 1. The third-order valence-electron chi connectivity index (χ3n) is 3.80. The lowest BCUT2D eigenvalue weighted by molar-refractivity contribution is -0.146. The van der Waals surface area contributed by atoms with Gasteiger partial charge in [-0.25, -0.2) is 0 Å². The quantitative estimate of drug-likeness (QED) is 0.436. The van der Waals surface area contributed by atoms with Crippen LogP contribution in [0, 0.1) is 0 Å². The lowest BCUT2D eigenvalue weighted by Crippen LogP contribution is -2.52. The van der Waals surface area contributed by atoms with E-state index in [0.717, 1.165) is 5.69 Å². The highest BCUT2D eigenvalue weighted by molar-refractivity contribution is 6.35. The summed E-state index contributed by atoms with van der Waals surface area (Å²) < 4.78 is 0. The van der Waals surface area contributed by atoms with Gasteiger partial charge in [0.05, 0.1) is 0 Å². The largest absolute Gasteiger partial charge is 0.368 e. The normalized spacial score (nSPS) is 14.2. The van der Waals surface area contributed by atoms with Gasteiger partial charge in [0, 0.05) is 50.0 Å². The summed E-state index contributed by atoms with van der Waals surface area (Å²) in [7, 11) is 0. The lowest BCUT2D eigenvalue weighted by atomic mass is 10.2. The van der Waals surface area contributed by atoms with Gasteiger partial charge in [-0.2, -0.15) is 0 Å². The van der Waals surface area contributed by atoms with Crippen LogP contribution in [0.15, 0.2) is 24.3 Å². The van der Waals surface area contributed by atoms with Crippen molar-refractivity contribution in [1.29, 1.82) is 0 Å². The van der Waals surface area contributed by atoms with Crippen LogP contribution in [0.1, 0.15) is 6.42 Å². The maximum Gasteiger partial charge on any atom is 0.312 e. The van der Waals surface area contributed by atoms with Crippen molar-refractivity contribution in [2.45, 2.75) is 6.42 Å². The van der Waals surface area contributed by atoms with Crippen LogP contribution >= 0.6 is 11.6 Å². The zero-order valence-corrected chi connectivity index (χ0v) is 14.1. The third kappa shape index (κ3) is 5.13. The predicted octanol–water partition coefficient (Wildman–Crippen LogP) is 0.241. The topological polar surface area (TPSA) is 81.8 Å². The Morgan fingerprint density at radius 3 is 2.58 bits per heavy atom. The maximum atomic E-state index is 12.1. The van der Waals surface area contributed by atoms with E-state index in [1.165, 1.54) is 0 Å². The molecule has 1 fully saturated rings. The molecule has 0 atom stereocenters. The van der Waals surface area contributed by atoms with Crippen LogP contribution in [0.4, 0.5) is 5.69 Å². The lowest BCUT2D eigenvalue weighted by Gasteiger charge is -2.35. The molecular formula is C16H21ClN4O3. The fourth-order valence-electron chi connectivity index (χ4n) is 2.51. The van der Waals surface area contributed by atoms with Crippen molar-refractivity contribution >= 4 is 35.5 Å². The molecule has 7 nitrogen and oxygen atoms in total. The molecule has 0 aromatic heterocycles. The molecule has 0 spiro atoms. The van der Waals surface area contributed by atoms with E-state index in [4.69, 9.17) is 11.6 Å². The predicted molar refractivity (Wildman–Crippen MR) is 91.9 cm³/mol. The second kappa shape index (κ2) is 9.12. The van der Waals surface area contributed by atoms with E-state index in [2.05, 4.69) is 15.5 Å². The van der Waals surface area contributed by atoms with Crippen LogP contribution in [0.2, 0.25) is 5.02 Å². The third-order valence-corrected chi connectivity index (χ3v) is 4.04. The SMILES string of the molecule is O=CNCCCNC(=O)C(=O)N1CCN(c2cccc(Cl)c2)CC1. The summed E-state index contributed by atoms with van der Waals surface area (Å²) in [6, 6.07) is 7.57. The van der Waals surface area contributed by atoms with E-state index >= 15 is 0 Å². The van der Waals surface area contributed by atoms with Gasteiger partial charge in [-0.3, -0.25) is 14.4 Å². The van der Waals surface area contributed by atoms with Crippen molar-refractivity contribution in [2.24, 2.45) is 0 Å². The van der Waals surface area contributed by atoms with Gasteiger partial charge in [0.1, 0.15) is 0 Å². The molecule has 1 saturated heterocycles. The molecule has 1 aliphatic heterocycles. The average molecular weight is 353 g/mol. The zero-order chi connectivity index (χ0) is 17.4. The highest BCUT2D eigenvalue weighted by Gasteiger charge is 2.25. The standard InChI is InChI=1S/C16H21ClN4O3/c17-13-3-1-4-14(11-13)20-7-9-21(10-8-20)16(24)15(23)19-6-2-5-18-12-22/h1,3-4,11-12H,2,5-10H2,(H,18,22)(H,19,23). The first-order valence-electron chi connectivity index (χ1n) is 7.86. The molecule has 1 aliphatic rings. The van der Waals surface area contributed by atoms with Crippen molar-refractivity contribution in [2.75, 3.05) is 44.2 Å². The maximum absolute atomic E-state index is 12.1. The monoisotopic (exact) mass is 352 g/mol. The average Bonchev–Trinajstić information content (AvgIpc) is 2.61. The first-order valence-corrected chi connectivity index (χ1v) is 8.24. The molecule has 8 heteroatoms. The Morgan fingerprint density at radius 2 is 1.92 bits per heavy atom. The minimum absolute atomic E-state index is 0.355. The van der Waals surface area contributed by atoms with Gasteiger partial charge in [0.2, 0.25) is 6.41 Å². The summed E-state index contributed by atoms with van der Waals surface area (Å²) in [5.41, 5.74) is 1.02. The van der Waals surface area contributed by atoms with Gasteiger partial charge >= 0.3 is 11.8 Å². The molecule has 3 amide bonds. The molecule has 0 radical (unpaired) electrons. The van der Waals surface area contributed by atoms with Crippen molar-refractivity contribution in [3.05, 3.63) is 29.3 Å². The number of halogens is 1. The Labute approximate surface area is 145 Å². The summed E-state index contributed by atoms with van der Waals surface area (Å²) in [5.74, 6) is -1.11. The first kappa shape index (κ1) is 18.1. The molecule has 1 heterocycles. The van der Waals surface area contributed by atoms with Crippen LogP contribution in [-0.2, 0) is 14.4 Å². The van der Waals surface area contributed by atoms with E-state index in [0.29, 0.717) is 57.1 Å². The Kier molecular flexibility index (Phi) is 6.87. The number of piperazine rings is 1. The summed E-state index contributed by atoms with van der Waals surface area (Å²) in [4.78, 5) is 37.8. The minimum Gasteiger partial charge on any atom is -0.368 e. The van der Waals surface area contributed by atoms with Gasteiger partial charge in [0.25, 0.3) is 0 Å². The van der Waals surface area contributed by atoms with Crippen LogP contribution in [0.5, 0.6) is 0 Å². The molecule has 1 aromatic carbocycles. The molecule has 2 rings (SSSR count). The molecule has 0 unspecified atom stereocenters. The number of anilines is 1. The van der Waals surface area contributed by atoms with Crippen LogP contribution in [0.25, 0.3) is 0 Å². The highest BCUT2D eigenvalue weighted by Crippen LogP contribution is 2.20. The zero-order valence-electron chi connectivity index (χ0n) is 13.3. The van der Waals surface area contributed by atoms with Crippen molar-refractivity contribution in [3.63, 3.8) is 0 Å². The Morgan fingerprint density at radius 1 is 1.17 bits per heavy atom. The van der Waals surface area contributed by atoms with Crippen LogP contribution in [0.3, 0.4) is 0 Å².